The topological polar surface area (TPSA) is 41.5 Å². The van der Waals surface area contributed by atoms with Crippen LogP contribution >= 0.6 is 11.6 Å². The van der Waals surface area contributed by atoms with Crippen molar-refractivity contribution in [3.8, 4) is 5.75 Å². The number of hydrogen-bond donors (Lipinski definition) is 2. The second kappa shape index (κ2) is 8.30. The van der Waals surface area contributed by atoms with Crippen molar-refractivity contribution < 1.29 is 18.6 Å². The molecule has 6 heteroatoms. The molecule has 0 aromatic heterocycles. The van der Waals surface area contributed by atoms with Crippen LogP contribution in [0.15, 0.2) is 18.2 Å². The van der Waals surface area contributed by atoms with Crippen LogP contribution in [0.1, 0.15) is 25.3 Å². The summed E-state index contributed by atoms with van der Waals surface area (Å²) in [7, 11) is 0. The molecule has 0 heterocycles. The number of rotatable bonds is 8. The van der Waals surface area contributed by atoms with Crippen LogP contribution in [0.25, 0.3) is 0 Å². The van der Waals surface area contributed by atoms with Crippen molar-refractivity contribution in [2.75, 3.05) is 6.61 Å². The summed E-state index contributed by atoms with van der Waals surface area (Å²) in [6, 6.07) is 4.93. The number of hydrogen-bond acceptors (Lipinski definition) is 3. The molecule has 1 unspecified atom stereocenters. The first-order valence-corrected chi connectivity index (χ1v) is 6.52. The third kappa shape index (κ3) is 5.72. The molecule has 0 fully saturated rings. The zero-order chi connectivity index (χ0) is 14.3. The Morgan fingerprint density at radius 1 is 1.42 bits per heavy atom. The summed E-state index contributed by atoms with van der Waals surface area (Å²) in [6.07, 6.45) is 1.58. The lowest BCUT2D eigenvalue weighted by atomic mass is 10.1. The molecule has 19 heavy (non-hydrogen) atoms. The molecule has 1 aromatic rings. The van der Waals surface area contributed by atoms with E-state index in [1.165, 1.54) is 6.07 Å². The van der Waals surface area contributed by atoms with Crippen LogP contribution in [0.2, 0.25) is 5.02 Å². The summed E-state index contributed by atoms with van der Waals surface area (Å²) < 4.78 is 28.4. The molecule has 1 rings (SSSR count). The molecular weight excluding hydrogens is 276 g/mol. The Kier molecular flexibility index (Phi) is 7.05. The highest BCUT2D eigenvalue weighted by Gasteiger charge is 2.10. The van der Waals surface area contributed by atoms with Crippen molar-refractivity contribution in [2.45, 2.75) is 39.0 Å². The first-order chi connectivity index (χ1) is 9.06. The molecule has 1 aromatic carbocycles. The fourth-order valence-electron chi connectivity index (χ4n) is 1.71. The van der Waals surface area contributed by atoms with Gasteiger partial charge in [-0.05, 0) is 30.5 Å². The lowest BCUT2D eigenvalue weighted by Gasteiger charge is -2.16. The molecule has 2 N–H and O–H groups in total. The first kappa shape index (κ1) is 16.1. The standard InChI is InChI=1S/C13H18ClF2NO2/c1-2-10(5-6-18)17-8-9-3-4-12(11(14)7-9)19-13(15)16/h3-4,7,10,13,17-18H,2,5-6,8H2,1H3. The fraction of sp³-hybridized carbons (Fsp3) is 0.538. The van der Waals surface area contributed by atoms with Gasteiger partial charge in [-0.3, -0.25) is 0 Å². The van der Waals surface area contributed by atoms with Gasteiger partial charge in [-0.2, -0.15) is 8.78 Å². The van der Waals surface area contributed by atoms with Gasteiger partial charge in [-0.15, -0.1) is 0 Å². The SMILES string of the molecule is CCC(CCO)NCc1ccc(OC(F)F)c(Cl)c1. The highest BCUT2D eigenvalue weighted by atomic mass is 35.5. The minimum atomic E-state index is -2.88. The number of ether oxygens (including phenoxy) is 1. The normalized spacial score (nSPS) is 12.7. The summed E-state index contributed by atoms with van der Waals surface area (Å²) in [5, 5.41) is 12.3. The predicted octanol–water partition coefficient (Wildman–Crippen LogP) is 3.19. The molecule has 108 valence electrons. The summed E-state index contributed by atoms with van der Waals surface area (Å²) in [4.78, 5) is 0. The van der Waals surface area contributed by atoms with E-state index in [-0.39, 0.29) is 23.4 Å². The summed E-state index contributed by atoms with van der Waals surface area (Å²) in [5.41, 5.74) is 0.878. The molecule has 0 saturated carbocycles. The van der Waals surface area contributed by atoms with E-state index in [9.17, 15) is 8.78 Å². The Labute approximate surface area is 116 Å². The Balaban J connectivity index is 2.58. The summed E-state index contributed by atoms with van der Waals surface area (Å²) >= 11 is 5.86. The lowest BCUT2D eigenvalue weighted by molar-refractivity contribution is -0.0497. The molecule has 0 spiro atoms. The van der Waals surface area contributed by atoms with Gasteiger partial charge in [-0.25, -0.2) is 0 Å². The van der Waals surface area contributed by atoms with Gasteiger partial charge in [-0.1, -0.05) is 24.6 Å². The Bertz CT molecular complexity index is 391. The van der Waals surface area contributed by atoms with E-state index in [4.69, 9.17) is 16.7 Å². The zero-order valence-corrected chi connectivity index (χ0v) is 11.5. The minimum absolute atomic E-state index is 0.0252. The first-order valence-electron chi connectivity index (χ1n) is 6.14. The molecule has 0 aliphatic carbocycles. The second-order valence-corrected chi connectivity index (χ2v) is 4.55. The molecule has 0 radical (unpaired) electrons. The van der Waals surface area contributed by atoms with Crippen LogP contribution in [0.4, 0.5) is 8.78 Å². The van der Waals surface area contributed by atoms with Crippen molar-refractivity contribution in [3.05, 3.63) is 28.8 Å². The molecule has 0 aliphatic rings. The smallest absolute Gasteiger partial charge is 0.387 e. The predicted molar refractivity (Wildman–Crippen MR) is 70.7 cm³/mol. The lowest BCUT2D eigenvalue weighted by Crippen LogP contribution is -2.28. The Hall–Kier alpha value is -0.910. The van der Waals surface area contributed by atoms with E-state index in [0.717, 1.165) is 12.0 Å². The average molecular weight is 294 g/mol. The average Bonchev–Trinajstić information content (AvgIpc) is 2.37. The highest BCUT2D eigenvalue weighted by Crippen LogP contribution is 2.26. The highest BCUT2D eigenvalue weighted by molar-refractivity contribution is 6.32. The van der Waals surface area contributed by atoms with Crippen LogP contribution < -0.4 is 10.1 Å². The van der Waals surface area contributed by atoms with Crippen LogP contribution in [0.3, 0.4) is 0 Å². The zero-order valence-electron chi connectivity index (χ0n) is 10.7. The Morgan fingerprint density at radius 3 is 2.68 bits per heavy atom. The van der Waals surface area contributed by atoms with Crippen LogP contribution in [0, 0.1) is 0 Å². The van der Waals surface area contributed by atoms with E-state index >= 15 is 0 Å². The quantitative estimate of drug-likeness (QED) is 0.773. The number of halogens is 3. The van der Waals surface area contributed by atoms with E-state index in [1.54, 1.807) is 12.1 Å². The van der Waals surface area contributed by atoms with Gasteiger partial charge in [0.05, 0.1) is 5.02 Å². The van der Waals surface area contributed by atoms with E-state index in [0.29, 0.717) is 13.0 Å². The molecule has 1 atom stereocenters. The van der Waals surface area contributed by atoms with Crippen molar-refractivity contribution in [1.29, 1.82) is 0 Å². The molecule has 0 saturated heterocycles. The van der Waals surface area contributed by atoms with Crippen LogP contribution in [-0.2, 0) is 6.54 Å². The van der Waals surface area contributed by atoms with Gasteiger partial charge in [0.2, 0.25) is 0 Å². The Morgan fingerprint density at radius 2 is 2.16 bits per heavy atom. The molecule has 0 amide bonds. The van der Waals surface area contributed by atoms with Crippen LogP contribution in [-0.4, -0.2) is 24.4 Å². The van der Waals surface area contributed by atoms with Gasteiger partial charge in [0.25, 0.3) is 0 Å². The van der Waals surface area contributed by atoms with E-state index in [1.807, 2.05) is 6.92 Å². The maximum absolute atomic E-state index is 12.1. The maximum atomic E-state index is 12.1. The van der Waals surface area contributed by atoms with E-state index in [2.05, 4.69) is 10.1 Å². The number of aliphatic hydroxyl groups is 1. The second-order valence-electron chi connectivity index (χ2n) is 4.14. The summed E-state index contributed by atoms with van der Waals surface area (Å²) in [5.74, 6) is -0.0252. The maximum Gasteiger partial charge on any atom is 0.387 e. The molecular formula is C13H18ClF2NO2. The number of benzene rings is 1. The number of aliphatic hydroxyl groups excluding tert-OH is 1. The molecule has 0 bridgehead atoms. The largest absolute Gasteiger partial charge is 0.433 e. The third-order valence-corrected chi connectivity index (χ3v) is 3.07. The van der Waals surface area contributed by atoms with Crippen molar-refractivity contribution in [3.63, 3.8) is 0 Å². The number of nitrogens with one attached hydrogen (secondary N) is 1. The van der Waals surface area contributed by atoms with Gasteiger partial charge >= 0.3 is 6.61 Å². The molecule has 3 nitrogen and oxygen atoms in total. The van der Waals surface area contributed by atoms with Crippen LogP contribution in [0.5, 0.6) is 5.75 Å². The number of alkyl halides is 2. The van der Waals surface area contributed by atoms with E-state index < -0.39 is 6.61 Å². The molecule has 0 aliphatic heterocycles. The van der Waals surface area contributed by atoms with Gasteiger partial charge in [0.15, 0.2) is 0 Å². The van der Waals surface area contributed by atoms with Gasteiger partial charge < -0.3 is 15.2 Å². The minimum Gasteiger partial charge on any atom is -0.433 e. The van der Waals surface area contributed by atoms with Crippen molar-refractivity contribution in [1.82, 2.24) is 5.32 Å². The van der Waals surface area contributed by atoms with Gasteiger partial charge in [0, 0.05) is 19.2 Å². The van der Waals surface area contributed by atoms with Crippen molar-refractivity contribution >= 4 is 11.6 Å². The fourth-order valence-corrected chi connectivity index (χ4v) is 1.96. The van der Waals surface area contributed by atoms with Crippen molar-refractivity contribution in [2.24, 2.45) is 0 Å². The monoisotopic (exact) mass is 293 g/mol. The summed E-state index contributed by atoms with van der Waals surface area (Å²) in [6.45, 7) is -0.156. The van der Waals surface area contributed by atoms with Gasteiger partial charge in [0.1, 0.15) is 5.75 Å². The third-order valence-electron chi connectivity index (χ3n) is 2.78.